The molecule has 0 spiro atoms. The average Bonchev–Trinajstić information content (AvgIpc) is 2.86. The smallest absolute Gasteiger partial charge is 0.303 e. The second-order valence-electron chi connectivity index (χ2n) is 6.47. The Kier molecular flexibility index (Phi) is 8.17. The molecule has 4 unspecified atom stereocenters. The topological polar surface area (TPSA) is 124 Å². The molecule has 1 saturated heterocycles. The lowest BCUT2D eigenvalue weighted by Crippen LogP contribution is -2.53. The fourth-order valence-electron chi connectivity index (χ4n) is 2.58. The van der Waals surface area contributed by atoms with E-state index in [0.717, 1.165) is 13.8 Å². The third-order valence-electron chi connectivity index (χ3n) is 3.46. The highest BCUT2D eigenvalue weighted by Gasteiger charge is 2.47. The highest BCUT2D eigenvalue weighted by molar-refractivity contribution is 5.68. The van der Waals surface area contributed by atoms with Crippen LogP contribution in [0.3, 0.4) is 0 Å². The van der Waals surface area contributed by atoms with Crippen molar-refractivity contribution in [3.63, 3.8) is 0 Å². The molecule has 0 N–H and O–H groups in total. The van der Waals surface area contributed by atoms with Crippen LogP contribution in [0.15, 0.2) is 0 Å². The van der Waals surface area contributed by atoms with E-state index < -0.39 is 60.7 Å². The van der Waals surface area contributed by atoms with Crippen LogP contribution in [0.1, 0.15) is 41.5 Å². The van der Waals surface area contributed by atoms with Crippen molar-refractivity contribution in [2.45, 2.75) is 71.7 Å². The van der Waals surface area contributed by atoms with Crippen LogP contribution < -0.4 is 0 Å². The van der Waals surface area contributed by atoms with E-state index in [-0.39, 0.29) is 6.61 Å². The minimum atomic E-state index is -1.28. The Balaban J connectivity index is 3.19. The molecule has 1 aliphatic rings. The van der Waals surface area contributed by atoms with Crippen molar-refractivity contribution < 1.29 is 47.6 Å². The van der Waals surface area contributed by atoms with Crippen molar-refractivity contribution in [2.24, 2.45) is 0 Å². The molecule has 0 amide bonds. The highest BCUT2D eigenvalue weighted by atomic mass is 16.8. The number of esters is 4. The maximum atomic E-state index is 11.6. The molecule has 1 heterocycles. The first-order valence-electron chi connectivity index (χ1n) is 8.38. The molecule has 0 bridgehead atoms. The van der Waals surface area contributed by atoms with Gasteiger partial charge < -0.3 is 28.4 Å². The van der Waals surface area contributed by atoms with E-state index in [1.165, 1.54) is 13.8 Å². The van der Waals surface area contributed by atoms with Gasteiger partial charge in [0.25, 0.3) is 0 Å². The van der Waals surface area contributed by atoms with Gasteiger partial charge in [0, 0.05) is 27.7 Å². The van der Waals surface area contributed by atoms with Gasteiger partial charge in [0.1, 0.15) is 12.7 Å². The molecular weight excluding hydrogens is 364 g/mol. The minimum absolute atomic E-state index is 0.0447. The SMILES string of the molecule is CC(=O)OCC(OC(C)=O)C(OC(C)=O)C(OC(C)=O)C1COC(C)(C)O1. The Morgan fingerprint density at radius 3 is 1.89 bits per heavy atom. The monoisotopic (exact) mass is 390 g/mol. The van der Waals surface area contributed by atoms with Gasteiger partial charge in [-0.1, -0.05) is 0 Å². The number of carbonyl (C=O) groups is 4. The molecule has 0 aromatic heterocycles. The second-order valence-corrected chi connectivity index (χ2v) is 6.47. The normalized spacial score (nSPS) is 21.5. The number of carbonyl (C=O) groups excluding carboxylic acids is 4. The minimum Gasteiger partial charge on any atom is -0.462 e. The van der Waals surface area contributed by atoms with Gasteiger partial charge in [-0.3, -0.25) is 19.2 Å². The molecule has 1 rings (SSSR count). The Morgan fingerprint density at radius 2 is 1.48 bits per heavy atom. The molecule has 1 fully saturated rings. The number of rotatable bonds is 8. The fourth-order valence-corrected chi connectivity index (χ4v) is 2.58. The maximum Gasteiger partial charge on any atom is 0.303 e. The molecule has 0 aromatic rings. The lowest BCUT2D eigenvalue weighted by molar-refractivity contribution is -0.207. The van der Waals surface area contributed by atoms with E-state index in [9.17, 15) is 19.2 Å². The molecule has 154 valence electrons. The molecule has 0 radical (unpaired) electrons. The second kappa shape index (κ2) is 9.65. The van der Waals surface area contributed by atoms with Gasteiger partial charge >= 0.3 is 23.9 Å². The van der Waals surface area contributed by atoms with Gasteiger partial charge in [-0.05, 0) is 13.8 Å². The van der Waals surface area contributed by atoms with Crippen molar-refractivity contribution >= 4 is 23.9 Å². The van der Waals surface area contributed by atoms with E-state index in [1.807, 2.05) is 0 Å². The van der Waals surface area contributed by atoms with Crippen molar-refractivity contribution in [1.29, 1.82) is 0 Å². The zero-order valence-corrected chi connectivity index (χ0v) is 16.3. The summed E-state index contributed by atoms with van der Waals surface area (Å²) in [5.41, 5.74) is 0. The summed E-state index contributed by atoms with van der Waals surface area (Å²) in [6.07, 6.45) is -4.46. The summed E-state index contributed by atoms with van der Waals surface area (Å²) in [5.74, 6) is -3.65. The van der Waals surface area contributed by atoms with Gasteiger partial charge in [0.15, 0.2) is 24.1 Å². The molecule has 1 aliphatic heterocycles. The van der Waals surface area contributed by atoms with Crippen LogP contribution in [-0.2, 0) is 47.6 Å². The van der Waals surface area contributed by atoms with Crippen molar-refractivity contribution in [3.05, 3.63) is 0 Å². The summed E-state index contributed by atoms with van der Waals surface area (Å²) in [6, 6.07) is 0. The molecule has 0 aliphatic carbocycles. The molecule has 10 nitrogen and oxygen atoms in total. The van der Waals surface area contributed by atoms with E-state index in [1.54, 1.807) is 13.8 Å². The van der Waals surface area contributed by atoms with Crippen LogP contribution in [0.4, 0.5) is 0 Å². The zero-order chi connectivity index (χ0) is 20.8. The Labute approximate surface area is 157 Å². The van der Waals surface area contributed by atoms with Crippen LogP contribution in [0.25, 0.3) is 0 Å². The van der Waals surface area contributed by atoms with Crippen LogP contribution in [0.5, 0.6) is 0 Å². The lowest BCUT2D eigenvalue weighted by atomic mass is 10.0. The maximum absolute atomic E-state index is 11.6. The third-order valence-corrected chi connectivity index (χ3v) is 3.46. The summed E-state index contributed by atoms with van der Waals surface area (Å²) in [4.78, 5) is 45.9. The third kappa shape index (κ3) is 7.92. The Hall–Kier alpha value is -2.20. The van der Waals surface area contributed by atoms with E-state index in [4.69, 9.17) is 28.4 Å². The standard InChI is InChI=1S/C17H26O10/c1-9(18)22-7-13(24-10(2)19)15(25-11(3)20)16(26-12(4)21)14-8-23-17(5,6)27-14/h13-16H,7-8H2,1-6H3. The van der Waals surface area contributed by atoms with Crippen LogP contribution >= 0.6 is 0 Å². The van der Waals surface area contributed by atoms with Crippen LogP contribution in [-0.4, -0.2) is 67.3 Å². The summed E-state index contributed by atoms with van der Waals surface area (Å²) in [5, 5.41) is 0. The van der Waals surface area contributed by atoms with Gasteiger partial charge in [0.2, 0.25) is 0 Å². The molecule has 4 atom stereocenters. The van der Waals surface area contributed by atoms with Crippen LogP contribution in [0.2, 0.25) is 0 Å². The summed E-state index contributed by atoms with van der Waals surface area (Å²) in [7, 11) is 0. The van der Waals surface area contributed by atoms with Gasteiger partial charge in [-0.15, -0.1) is 0 Å². The Morgan fingerprint density at radius 1 is 0.926 bits per heavy atom. The fraction of sp³-hybridized carbons (Fsp3) is 0.765. The van der Waals surface area contributed by atoms with Gasteiger partial charge in [-0.25, -0.2) is 0 Å². The zero-order valence-electron chi connectivity index (χ0n) is 16.3. The van der Waals surface area contributed by atoms with Crippen molar-refractivity contribution in [1.82, 2.24) is 0 Å². The summed E-state index contributed by atoms with van der Waals surface area (Å²) in [6.45, 7) is 7.61. The number of hydrogen-bond acceptors (Lipinski definition) is 10. The molecule has 0 aromatic carbocycles. The van der Waals surface area contributed by atoms with Crippen LogP contribution in [0, 0.1) is 0 Å². The van der Waals surface area contributed by atoms with Crippen molar-refractivity contribution in [3.8, 4) is 0 Å². The van der Waals surface area contributed by atoms with E-state index in [0.29, 0.717) is 0 Å². The van der Waals surface area contributed by atoms with Gasteiger partial charge in [-0.2, -0.15) is 0 Å². The first kappa shape index (κ1) is 22.8. The predicted octanol–water partition coefficient (Wildman–Crippen LogP) is 0.496. The summed E-state index contributed by atoms with van der Waals surface area (Å²) >= 11 is 0. The predicted molar refractivity (Wildman–Crippen MR) is 88.2 cm³/mol. The van der Waals surface area contributed by atoms with E-state index >= 15 is 0 Å². The van der Waals surface area contributed by atoms with E-state index in [2.05, 4.69) is 0 Å². The van der Waals surface area contributed by atoms with Crippen molar-refractivity contribution in [2.75, 3.05) is 13.2 Å². The first-order valence-corrected chi connectivity index (χ1v) is 8.38. The molecule has 27 heavy (non-hydrogen) atoms. The average molecular weight is 390 g/mol. The number of hydrogen-bond donors (Lipinski definition) is 0. The lowest BCUT2D eigenvalue weighted by Gasteiger charge is -2.34. The largest absolute Gasteiger partial charge is 0.462 e. The number of ether oxygens (including phenoxy) is 6. The quantitative estimate of drug-likeness (QED) is 0.427. The summed E-state index contributed by atoms with van der Waals surface area (Å²) < 4.78 is 31.8. The molecular formula is C17H26O10. The molecule has 0 saturated carbocycles. The Bertz CT molecular complexity index is 570. The first-order chi connectivity index (χ1) is 12.4. The molecule has 10 heteroatoms. The highest BCUT2D eigenvalue weighted by Crippen LogP contribution is 2.29. The van der Waals surface area contributed by atoms with Gasteiger partial charge in [0.05, 0.1) is 6.61 Å².